The molecule has 1 heterocycles. The number of esters is 1. The Kier molecular flexibility index (Phi) is 6.66. The van der Waals surface area contributed by atoms with Gasteiger partial charge in [-0.1, -0.05) is 24.6 Å². The maximum Gasteiger partial charge on any atom is 0.338 e. The first kappa shape index (κ1) is 21.0. The van der Waals surface area contributed by atoms with E-state index in [-0.39, 0.29) is 10.5 Å². The van der Waals surface area contributed by atoms with Gasteiger partial charge in [0.15, 0.2) is 6.61 Å². The first-order valence-corrected chi connectivity index (χ1v) is 10.9. The molecule has 0 atom stereocenters. The molecule has 0 saturated carbocycles. The predicted molar refractivity (Wildman–Crippen MR) is 109 cm³/mol. The van der Waals surface area contributed by atoms with E-state index >= 15 is 0 Å². The second-order valence-corrected chi connectivity index (χ2v) is 8.92. The molecule has 2 aromatic rings. The van der Waals surface area contributed by atoms with E-state index in [1.807, 2.05) is 19.1 Å². The summed E-state index contributed by atoms with van der Waals surface area (Å²) in [5.74, 6) is -1.22. The lowest BCUT2D eigenvalue weighted by molar-refractivity contribution is -0.119. The number of hydrogen-bond donors (Lipinski definition) is 1. The molecule has 154 valence electrons. The van der Waals surface area contributed by atoms with Crippen LogP contribution < -0.4 is 5.32 Å². The third-order valence-corrected chi connectivity index (χ3v) is 6.55. The normalized spacial score (nSPS) is 14.9. The second-order valence-electron chi connectivity index (χ2n) is 6.99. The van der Waals surface area contributed by atoms with Crippen molar-refractivity contribution < 1.29 is 22.7 Å². The van der Waals surface area contributed by atoms with Gasteiger partial charge in [0.2, 0.25) is 10.0 Å². The van der Waals surface area contributed by atoms with Crippen molar-refractivity contribution in [2.24, 2.45) is 0 Å². The van der Waals surface area contributed by atoms with Gasteiger partial charge >= 0.3 is 5.97 Å². The molecule has 0 aromatic heterocycles. The maximum atomic E-state index is 12.8. The summed E-state index contributed by atoms with van der Waals surface area (Å²) in [6.07, 6.45) is 2.68. The number of nitrogens with zero attached hydrogens (tertiary/aromatic N) is 1. The fourth-order valence-electron chi connectivity index (χ4n) is 3.17. The number of carbonyl (C=O) groups excluding carboxylic acids is 2. The van der Waals surface area contributed by atoms with E-state index in [0.29, 0.717) is 18.8 Å². The molecule has 3 rings (SSSR count). The first-order chi connectivity index (χ1) is 13.9. The number of nitrogens with one attached hydrogen (secondary N) is 1. The van der Waals surface area contributed by atoms with Crippen LogP contribution in [0, 0.1) is 6.92 Å². The molecule has 0 radical (unpaired) electrons. The van der Waals surface area contributed by atoms with Crippen LogP contribution in [-0.2, 0) is 19.6 Å². The molecular formula is C21H24N2O5S. The summed E-state index contributed by atoms with van der Waals surface area (Å²) in [4.78, 5) is 24.4. The molecule has 1 N–H and O–H groups in total. The van der Waals surface area contributed by atoms with E-state index in [0.717, 1.165) is 24.8 Å². The zero-order valence-corrected chi connectivity index (χ0v) is 17.1. The molecule has 0 aliphatic carbocycles. The van der Waals surface area contributed by atoms with Gasteiger partial charge in [0.1, 0.15) is 0 Å². The first-order valence-electron chi connectivity index (χ1n) is 9.50. The zero-order valence-electron chi connectivity index (χ0n) is 16.3. The number of ether oxygens (including phenoxy) is 1. The maximum absolute atomic E-state index is 12.8. The standard InChI is InChI=1S/C21H24N2O5S/c1-16-7-5-9-18(13-16)22-20(24)15-28-21(25)17-8-6-10-19(14-17)29(26,27)23-11-3-2-4-12-23/h5-10,13-14H,2-4,11-12,15H2,1H3,(H,22,24). The van der Waals surface area contributed by atoms with Gasteiger partial charge in [0.05, 0.1) is 10.5 Å². The lowest BCUT2D eigenvalue weighted by Gasteiger charge is -2.25. The predicted octanol–water partition coefficient (Wildman–Crippen LogP) is 2.97. The summed E-state index contributed by atoms with van der Waals surface area (Å²) in [6.45, 7) is 2.41. The SMILES string of the molecule is Cc1cccc(NC(=O)COC(=O)c2cccc(S(=O)(=O)N3CCCCC3)c2)c1. The molecule has 0 unspecified atom stereocenters. The summed E-state index contributed by atoms with van der Waals surface area (Å²) >= 11 is 0. The van der Waals surface area contributed by atoms with E-state index in [2.05, 4.69) is 5.32 Å². The zero-order chi connectivity index (χ0) is 20.9. The minimum Gasteiger partial charge on any atom is -0.452 e. The Morgan fingerprint density at radius 3 is 2.48 bits per heavy atom. The third kappa shape index (κ3) is 5.42. The number of sulfonamides is 1. The van der Waals surface area contributed by atoms with Crippen molar-refractivity contribution >= 4 is 27.6 Å². The second kappa shape index (κ2) is 9.19. The molecule has 2 aromatic carbocycles. The van der Waals surface area contributed by atoms with Gasteiger partial charge in [0, 0.05) is 18.8 Å². The summed E-state index contributed by atoms with van der Waals surface area (Å²) in [6, 6.07) is 13.0. The Hall–Kier alpha value is -2.71. The van der Waals surface area contributed by atoms with Crippen LogP contribution in [0.3, 0.4) is 0 Å². The molecule has 1 saturated heterocycles. The summed E-state index contributed by atoms with van der Waals surface area (Å²) in [5.41, 5.74) is 1.69. The van der Waals surface area contributed by atoms with Crippen LogP contribution in [0.15, 0.2) is 53.4 Å². The highest BCUT2D eigenvalue weighted by atomic mass is 32.2. The van der Waals surface area contributed by atoms with Gasteiger partial charge in [-0.15, -0.1) is 0 Å². The van der Waals surface area contributed by atoms with Crippen LogP contribution in [0.25, 0.3) is 0 Å². The quantitative estimate of drug-likeness (QED) is 0.731. The summed E-state index contributed by atoms with van der Waals surface area (Å²) in [7, 11) is -3.65. The van der Waals surface area contributed by atoms with Crippen LogP contribution >= 0.6 is 0 Å². The number of anilines is 1. The van der Waals surface area contributed by atoms with Crippen molar-refractivity contribution in [2.75, 3.05) is 25.0 Å². The van der Waals surface area contributed by atoms with Crippen LogP contribution in [0.5, 0.6) is 0 Å². The number of aryl methyl sites for hydroxylation is 1. The molecule has 29 heavy (non-hydrogen) atoms. The van der Waals surface area contributed by atoms with Crippen LogP contribution in [0.2, 0.25) is 0 Å². The van der Waals surface area contributed by atoms with Gasteiger partial charge in [-0.05, 0) is 55.7 Å². The molecule has 0 bridgehead atoms. The van der Waals surface area contributed by atoms with E-state index < -0.39 is 28.5 Å². The van der Waals surface area contributed by atoms with Gasteiger partial charge in [-0.2, -0.15) is 4.31 Å². The van der Waals surface area contributed by atoms with Gasteiger partial charge in [-0.3, -0.25) is 4.79 Å². The van der Waals surface area contributed by atoms with E-state index in [4.69, 9.17) is 4.74 Å². The number of rotatable bonds is 6. The molecule has 1 fully saturated rings. The lowest BCUT2D eigenvalue weighted by atomic mass is 10.2. The minimum atomic E-state index is -3.65. The van der Waals surface area contributed by atoms with Crippen molar-refractivity contribution in [2.45, 2.75) is 31.1 Å². The summed E-state index contributed by atoms with van der Waals surface area (Å²) in [5, 5.41) is 2.65. The fourth-order valence-corrected chi connectivity index (χ4v) is 4.74. The van der Waals surface area contributed by atoms with Gasteiger partial charge in [0.25, 0.3) is 5.91 Å². The highest BCUT2D eigenvalue weighted by Crippen LogP contribution is 2.21. The van der Waals surface area contributed by atoms with Crippen molar-refractivity contribution in [1.82, 2.24) is 4.31 Å². The Morgan fingerprint density at radius 1 is 1.03 bits per heavy atom. The largest absolute Gasteiger partial charge is 0.452 e. The van der Waals surface area contributed by atoms with Crippen molar-refractivity contribution in [3.63, 3.8) is 0 Å². The average Bonchev–Trinajstić information content (AvgIpc) is 2.73. The molecule has 1 amide bonds. The Bertz CT molecular complexity index is 998. The number of carbonyl (C=O) groups is 2. The van der Waals surface area contributed by atoms with E-state index in [9.17, 15) is 18.0 Å². The lowest BCUT2D eigenvalue weighted by Crippen LogP contribution is -2.35. The van der Waals surface area contributed by atoms with Gasteiger partial charge < -0.3 is 10.1 Å². The number of piperidine rings is 1. The molecule has 1 aliphatic rings. The number of amides is 1. The Balaban J connectivity index is 1.62. The number of benzene rings is 2. The van der Waals surface area contributed by atoms with Crippen LogP contribution in [0.1, 0.15) is 35.2 Å². The number of hydrogen-bond acceptors (Lipinski definition) is 5. The van der Waals surface area contributed by atoms with E-state index in [1.54, 1.807) is 12.1 Å². The van der Waals surface area contributed by atoms with Crippen molar-refractivity contribution in [3.05, 3.63) is 59.7 Å². The molecule has 8 heteroatoms. The fraction of sp³-hybridized carbons (Fsp3) is 0.333. The van der Waals surface area contributed by atoms with Crippen molar-refractivity contribution in [3.8, 4) is 0 Å². The molecule has 1 aliphatic heterocycles. The smallest absolute Gasteiger partial charge is 0.338 e. The minimum absolute atomic E-state index is 0.0538. The van der Waals surface area contributed by atoms with Crippen molar-refractivity contribution in [1.29, 1.82) is 0 Å². The van der Waals surface area contributed by atoms with Gasteiger partial charge in [-0.25, -0.2) is 13.2 Å². The highest BCUT2D eigenvalue weighted by Gasteiger charge is 2.26. The third-order valence-electron chi connectivity index (χ3n) is 4.66. The van der Waals surface area contributed by atoms with E-state index in [1.165, 1.54) is 28.6 Å². The molecule has 7 nitrogen and oxygen atoms in total. The average molecular weight is 416 g/mol. The Labute approximate surface area is 170 Å². The molecular weight excluding hydrogens is 392 g/mol. The highest BCUT2D eigenvalue weighted by molar-refractivity contribution is 7.89. The monoisotopic (exact) mass is 416 g/mol. The van der Waals surface area contributed by atoms with Crippen LogP contribution in [-0.4, -0.2) is 44.3 Å². The topological polar surface area (TPSA) is 92.8 Å². The van der Waals surface area contributed by atoms with Crippen LogP contribution in [0.4, 0.5) is 5.69 Å². The molecule has 0 spiro atoms. The summed E-state index contributed by atoms with van der Waals surface area (Å²) < 4.78 is 32.0. The Morgan fingerprint density at radius 2 is 1.76 bits per heavy atom.